The molecule has 3 N–H and O–H groups in total. The van der Waals surface area contributed by atoms with Gasteiger partial charge in [-0.15, -0.1) is 0 Å². The molecular formula is C22H29N5O2. The standard InChI is InChI=1S/C22H29N5O2/c1-6-29-12-17-25-18-19(14(2)15(3)24-20(18)23)27(17)13-22(4,5)26-21(28)16-10-8-7-9-11-16/h7-11H,6,12-13H2,1-5H3,(H2,23,24)(H,26,28). The average Bonchev–Trinajstić information content (AvgIpc) is 3.03. The van der Waals surface area contributed by atoms with Crippen LogP contribution in [0.2, 0.25) is 0 Å². The van der Waals surface area contributed by atoms with E-state index in [1.807, 2.05) is 52.8 Å². The third kappa shape index (κ3) is 4.40. The van der Waals surface area contributed by atoms with Gasteiger partial charge in [0.15, 0.2) is 5.82 Å². The molecule has 7 heteroatoms. The van der Waals surface area contributed by atoms with Crippen LogP contribution in [0.25, 0.3) is 11.0 Å². The number of nitrogens with two attached hydrogens (primary N) is 1. The molecule has 0 aliphatic carbocycles. The average molecular weight is 396 g/mol. The molecule has 0 radical (unpaired) electrons. The van der Waals surface area contributed by atoms with E-state index in [2.05, 4.69) is 14.9 Å². The molecular weight excluding hydrogens is 366 g/mol. The van der Waals surface area contributed by atoms with E-state index in [4.69, 9.17) is 15.5 Å². The van der Waals surface area contributed by atoms with E-state index >= 15 is 0 Å². The van der Waals surface area contributed by atoms with Crippen LogP contribution in [0, 0.1) is 13.8 Å². The molecule has 0 spiro atoms. The van der Waals surface area contributed by atoms with Gasteiger partial charge in [-0.05, 0) is 52.3 Å². The van der Waals surface area contributed by atoms with Gasteiger partial charge in [0, 0.05) is 24.4 Å². The number of anilines is 1. The normalized spacial score (nSPS) is 11.8. The predicted molar refractivity (Wildman–Crippen MR) is 115 cm³/mol. The van der Waals surface area contributed by atoms with Crippen molar-refractivity contribution in [2.75, 3.05) is 12.3 Å². The molecule has 2 aromatic heterocycles. The Kier molecular flexibility index (Phi) is 5.88. The first-order valence-corrected chi connectivity index (χ1v) is 9.80. The summed E-state index contributed by atoms with van der Waals surface area (Å²) in [7, 11) is 0. The molecule has 0 atom stereocenters. The Bertz CT molecular complexity index is 1020. The van der Waals surface area contributed by atoms with E-state index in [1.165, 1.54) is 0 Å². The number of nitrogens with one attached hydrogen (secondary N) is 1. The number of fused-ring (bicyclic) bond motifs is 1. The van der Waals surface area contributed by atoms with Crippen molar-refractivity contribution in [2.45, 2.75) is 53.3 Å². The molecule has 29 heavy (non-hydrogen) atoms. The van der Waals surface area contributed by atoms with Gasteiger partial charge in [-0.2, -0.15) is 0 Å². The second-order valence-electron chi connectivity index (χ2n) is 7.86. The van der Waals surface area contributed by atoms with Crippen molar-refractivity contribution in [2.24, 2.45) is 0 Å². The van der Waals surface area contributed by atoms with Crippen molar-refractivity contribution < 1.29 is 9.53 Å². The van der Waals surface area contributed by atoms with Crippen LogP contribution >= 0.6 is 0 Å². The molecule has 0 unspecified atom stereocenters. The molecule has 7 nitrogen and oxygen atoms in total. The fourth-order valence-corrected chi connectivity index (χ4v) is 3.42. The lowest BCUT2D eigenvalue weighted by Crippen LogP contribution is -2.46. The van der Waals surface area contributed by atoms with Crippen LogP contribution in [-0.2, 0) is 17.9 Å². The van der Waals surface area contributed by atoms with Crippen molar-refractivity contribution in [1.29, 1.82) is 0 Å². The summed E-state index contributed by atoms with van der Waals surface area (Å²) in [5.41, 5.74) is 9.76. The Labute approximate surface area is 171 Å². The minimum atomic E-state index is -0.528. The van der Waals surface area contributed by atoms with Crippen molar-refractivity contribution in [1.82, 2.24) is 19.9 Å². The van der Waals surface area contributed by atoms with Gasteiger partial charge in [0.25, 0.3) is 5.91 Å². The first-order chi connectivity index (χ1) is 13.7. The Hall–Kier alpha value is -2.93. The number of carbonyl (C=O) groups excluding carboxylic acids is 1. The molecule has 0 aliphatic rings. The van der Waals surface area contributed by atoms with Gasteiger partial charge in [0.2, 0.25) is 0 Å². The third-order valence-electron chi connectivity index (χ3n) is 4.95. The van der Waals surface area contributed by atoms with Crippen LogP contribution in [0.4, 0.5) is 5.82 Å². The van der Waals surface area contributed by atoms with E-state index in [0.717, 1.165) is 22.6 Å². The molecule has 0 bridgehead atoms. The van der Waals surface area contributed by atoms with Gasteiger partial charge in [0.05, 0.1) is 11.1 Å². The number of nitrogens with zero attached hydrogens (tertiary/aromatic N) is 3. The maximum Gasteiger partial charge on any atom is 0.251 e. The molecule has 0 saturated heterocycles. The number of amides is 1. The number of benzene rings is 1. The monoisotopic (exact) mass is 395 g/mol. The third-order valence-corrected chi connectivity index (χ3v) is 4.95. The molecule has 2 heterocycles. The number of carbonyl (C=O) groups is 1. The summed E-state index contributed by atoms with van der Waals surface area (Å²) in [6.07, 6.45) is 0. The smallest absolute Gasteiger partial charge is 0.251 e. The van der Waals surface area contributed by atoms with E-state index in [0.29, 0.717) is 36.7 Å². The number of ether oxygens (including phenoxy) is 1. The molecule has 154 valence electrons. The minimum Gasteiger partial charge on any atom is -0.382 e. The molecule has 0 fully saturated rings. The van der Waals surface area contributed by atoms with Crippen LogP contribution in [0.1, 0.15) is 48.2 Å². The zero-order valence-corrected chi connectivity index (χ0v) is 17.7. The van der Waals surface area contributed by atoms with E-state index in [9.17, 15) is 4.79 Å². The van der Waals surface area contributed by atoms with Gasteiger partial charge in [-0.1, -0.05) is 18.2 Å². The van der Waals surface area contributed by atoms with Gasteiger partial charge < -0.3 is 20.4 Å². The van der Waals surface area contributed by atoms with Gasteiger partial charge in [-0.3, -0.25) is 4.79 Å². The SMILES string of the molecule is CCOCc1nc2c(N)nc(C)c(C)c2n1CC(C)(C)NC(=O)c1ccccc1. The fourth-order valence-electron chi connectivity index (χ4n) is 3.42. The summed E-state index contributed by atoms with van der Waals surface area (Å²) >= 11 is 0. The van der Waals surface area contributed by atoms with Gasteiger partial charge >= 0.3 is 0 Å². The minimum absolute atomic E-state index is 0.111. The number of imidazole rings is 1. The highest BCUT2D eigenvalue weighted by atomic mass is 16.5. The van der Waals surface area contributed by atoms with Crippen LogP contribution < -0.4 is 11.1 Å². The van der Waals surface area contributed by atoms with Crippen LogP contribution in [-0.4, -0.2) is 32.6 Å². The molecule has 3 aromatic rings. The van der Waals surface area contributed by atoms with Gasteiger partial charge in [0.1, 0.15) is 17.9 Å². The lowest BCUT2D eigenvalue weighted by molar-refractivity contribution is 0.0902. The molecule has 1 amide bonds. The van der Waals surface area contributed by atoms with Crippen LogP contribution in [0.15, 0.2) is 30.3 Å². The first kappa shape index (κ1) is 20.8. The summed E-state index contributed by atoms with van der Waals surface area (Å²) < 4.78 is 7.73. The molecule has 0 aliphatic heterocycles. The zero-order chi connectivity index (χ0) is 21.2. The first-order valence-electron chi connectivity index (χ1n) is 9.80. The highest BCUT2D eigenvalue weighted by Crippen LogP contribution is 2.28. The Morgan fingerprint density at radius 3 is 2.55 bits per heavy atom. The maximum absolute atomic E-state index is 12.7. The topological polar surface area (TPSA) is 95.1 Å². The van der Waals surface area contributed by atoms with E-state index in [1.54, 1.807) is 12.1 Å². The lowest BCUT2D eigenvalue weighted by atomic mass is 10.0. The van der Waals surface area contributed by atoms with Crippen molar-refractivity contribution >= 4 is 22.8 Å². The van der Waals surface area contributed by atoms with Crippen molar-refractivity contribution in [3.8, 4) is 0 Å². The summed E-state index contributed by atoms with van der Waals surface area (Å²) in [6, 6.07) is 9.21. The zero-order valence-electron chi connectivity index (χ0n) is 17.7. The molecule has 0 saturated carbocycles. The summed E-state index contributed by atoms with van der Waals surface area (Å²) in [5.74, 6) is 1.07. The largest absolute Gasteiger partial charge is 0.382 e. The number of hydrogen-bond acceptors (Lipinski definition) is 5. The number of aryl methyl sites for hydroxylation is 2. The Morgan fingerprint density at radius 1 is 1.21 bits per heavy atom. The highest BCUT2D eigenvalue weighted by Gasteiger charge is 2.26. The molecule has 3 rings (SSSR count). The van der Waals surface area contributed by atoms with Crippen LogP contribution in [0.3, 0.4) is 0 Å². The number of nitrogen functional groups attached to an aromatic ring is 1. The van der Waals surface area contributed by atoms with E-state index < -0.39 is 5.54 Å². The summed E-state index contributed by atoms with van der Waals surface area (Å²) in [4.78, 5) is 21.8. The number of rotatable bonds is 7. The number of hydrogen-bond donors (Lipinski definition) is 2. The second kappa shape index (κ2) is 8.21. The highest BCUT2D eigenvalue weighted by molar-refractivity contribution is 5.94. The van der Waals surface area contributed by atoms with Gasteiger partial charge in [-0.25, -0.2) is 9.97 Å². The van der Waals surface area contributed by atoms with Crippen molar-refractivity contribution in [3.63, 3.8) is 0 Å². The van der Waals surface area contributed by atoms with Crippen molar-refractivity contribution in [3.05, 3.63) is 53.0 Å². The Morgan fingerprint density at radius 2 is 1.90 bits per heavy atom. The number of pyridine rings is 1. The Balaban J connectivity index is 1.99. The van der Waals surface area contributed by atoms with Crippen LogP contribution in [0.5, 0.6) is 0 Å². The summed E-state index contributed by atoms with van der Waals surface area (Å²) in [5, 5.41) is 3.13. The predicted octanol–water partition coefficient (Wildman–Crippen LogP) is 3.38. The lowest BCUT2D eigenvalue weighted by Gasteiger charge is -2.28. The maximum atomic E-state index is 12.7. The fraction of sp³-hybridized carbons (Fsp3) is 0.409. The molecule has 1 aromatic carbocycles. The quantitative estimate of drug-likeness (QED) is 0.639. The second-order valence-corrected chi connectivity index (χ2v) is 7.86. The summed E-state index contributed by atoms with van der Waals surface area (Å²) in [6.45, 7) is 11.4. The van der Waals surface area contributed by atoms with E-state index in [-0.39, 0.29) is 5.91 Å². The number of aromatic nitrogens is 3.